The number of hydrogen-bond donors (Lipinski definition) is 2. The van der Waals surface area contributed by atoms with E-state index < -0.39 is 5.91 Å². The predicted molar refractivity (Wildman–Crippen MR) is 99.3 cm³/mol. The third-order valence-corrected chi connectivity index (χ3v) is 3.92. The van der Waals surface area contributed by atoms with Crippen molar-refractivity contribution in [1.29, 1.82) is 0 Å². The molecule has 2 N–H and O–H groups in total. The Hall–Kier alpha value is -2.25. The van der Waals surface area contributed by atoms with Gasteiger partial charge in [0.1, 0.15) is 23.9 Å². The van der Waals surface area contributed by atoms with E-state index in [1.165, 1.54) is 17.6 Å². The molecule has 0 aromatic heterocycles. The second-order valence-electron chi connectivity index (χ2n) is 5.03. The van der Waals surface area contributed by atoms with Crippen molar-refractivity contribution in [3.05, 3.63) is 58.1 Å². The van der Waals surface area contributed by atoms with E-state index in [0.717, 1.165) is 0 Å². The molecule has 1 amide bonds. The van der Waals surface area contributed by atoms with E-state index in [4.69, 9.17) is 42.6 Å². The van der Waals surface area contributed by atoms with Crippen LogP contribution in [-0.2, 0) is 9.53 Å². The Balaban J connectivity index is 2.30. The predicted octanol–water partition coefficient (Wildman–Crippen LogP) is 4.33. The Morgan fingerprint density at radius 3 is 2.58 bits per heavy atom. The summed E-state index contributed by atoms with van der Waals surface area (Å²) in [4.78, 5) is 11.2. The quantitative estimate of drug-likeness (QED) is 0.300. The van der Waals surface area contributed by atoms with E-state index in [1.54, 1.807) is 43.5 Å². The second-order valence-corrected chi connectivity index (χ2v) is 5.84. The average molecular weight is 398 g/mol. The standard InChI is InChI=1S/C18H17Cl2NO5/c1-24-8-9-25-13-4-2-12(3-7-18(22)21-23)17(11-13)26-14-5-6-15(19)16(20)10-14/h2-7,10-11,23H,8-9H2,1H3,(H,21,22). The van der Waals surface area contributed by atoms with Crippen molar-refractivity contribution < 1.29 is 24.2 Å². The zero-order valence-electron chi connectivity index (χ0n) is 13.9. The fraction of sp³-hybridized carbons (Fsp3) is 0.167. The second kappa shape index (κ2) is 10.0. The molecule has 138 valence electrons. The molecule has 2 aromatic carbocycles. The van der Waals surface area contributed by atoms with E-state index in [2.05, 4.69) is 0 Å². The van der Waals surface area contributed by atoms with Crippen LogP contribution in [0.25, 0.3) is 6.08 Å². The number of amides is 1. The van der Waals surface area contributed by atoms with Gasteiger partial charge >= 0.3 is 0 Å². The maximum Gasteiger partial charge on any atom is 0.267 e. The molecule has 0 bridgehead atoms. The average Bonchev–Trinajstić information content (AvgIpc) is 2.64. The molecule has 0 spiro atoms. The van der Waals surface area contributed by atoms with Gasteiger partial charge in [-0.1, -0.05) is 23.2 Å². The van der Waals surface area contributed by atoms with Gasteiger partial charge in [0.05, 0.1) is 16.7 Å². The Morgan fingerprint density at radius 2 is 1.88 bits per heavy atom. The summed E-state index contributed by atoms with van der Waals surface area (Å²) in [7, 11) is 1.59. The van der Waals surface area contributed by atoms with Crippen molar-refractivity contribution in [2.45, 2.75) is 0 Å². The topological polar surface area (TPSA) is 77.0 Å². The highest BCUT2D eigenvalue weighted by molar-refractivity contribution is 6.42. The summed E-state index contributed by atoms with van der Waals surface area (Å²) >= 11 is 11.9. The van der Waals surface area contributed by atoms with Gasteiger partial charge in [0.15, 0.2) is 0 Å². The highest BCUT2D eigenvalue weighted by Crippen LogP contribution is 2.33. The fourth-order valence-corrected chi connectivity index (χ4v) is 2.23. The molecule has 2 aromatic rings. The van der Waals surface area contributed by atoms with Crippen LogP contribution in [0.2, 0.25) is 10.0 Å². The van der Waals surface area contributed by atoms with Gasteiger partial charge in [0, 0.05) is 30.9 Å². The highest BCUT2D eigenvalue weighted by atomic mass is 35.5. The lowest BCUT2D eigenvalue weighted by Crippen LogP contribution is -2.14. The molecule has 0 aliphatic heterocycles. The number of carbonyl (C=O) groups is 1. The minimum atomic E-state index is -0.661. The third-order valence-electron chi connectivity index (χ3n) is 3.18. The largest absolute Gasteiger partial charge is 0.491 e. The summed E-state index contributed by atoms with van der Waals surface area (Å²) in [6.45, 7) is 0.826. The van der Waals surface area contributed by atoms with Crippen molar-refractivity contribution in [3.63, 3.8) is 0 Å². The first kappa shape index (κ1) is 20.1. The molecule has 0 radical (unpaired) electrons. The Labute approximate surface area is 160 Å². The highest BCUT2D eigenvalue weighted by Gasteiger charge is 2.08. The fourth-order valence-electron chi connectivity index (χ4n) is 1.94. The van der Waals surface area contributed by atoms with Crippen LogP contribution < -0.4 is 15.0 Å². The number of nitrogens with one attached hydrogen (secondary N) is 1. The first-order chi connectivity index (χ1) is 12.5. The van der Waals surface area contributed by atoms with E-state index in [1.807, 2.05) is 0 Å². The number of methoxy groups -OCH3 is 1. The molecule has 0 saturated carbocycles. The monoisotopic (exact) mass is 397 g/mol. The van der Waals surface area contributed by atoms with Crippen LogP contribution in [0.15, 0.2) is 42.5 Å². The maximum absolute atomic E-state index is 11.2. The van der Waals surface area contributed by atoms with Gasteiger partial charge in [-0.05, 0) is 30.3 Å². The molecule has 0 unspecified atom stereocenters. The minimum Gasteiger partial charge on any atom is -0.491 e. The molecule has 0 atom stereocenters. The Bertz CT molecular complexity index is 795. The summed E-state index contributed by atoms with van der Waals surface area (Å²) in [5.74, 6) is 0.807. The molecule has 26 heavy (non-hydrogen) atoms. The summed E-state index contributed by atoms with van der Waals surface area (Å²) in [5, 5.41) is 9.36. The first-order valence-corrected chi connectivity index (χ1v) is 8.30. The first-order valence-electron chi connectivity index (χ1n) is 7.54. The van der Waals surface area contributed by atoms with Gasteiger partial charge in [0.25, 0.3) is 5.91 Å². The summed E-state index contributed by atoms with van der Waals surface area (Å²) in [6.07, 6.45) is 2.67. The van der Waals surface area contributed by atoms with Crippen molar-refractivity contribution in [1.82, 2.24) is 5.48 Å². The van der Waals surface area contributed by atoms with Crippen molar-refractivity contribution in [3.8, 4) is 17.2 Å². The van der Waals surface area contributed by atoms with Crippen LogP contribution in [0, 0.1) is 0 Å². The number of ether oxygens (including phenoxy) is 3. The number of halogens is 2. The summed E-state index contributed by atoms with van der Waals surface area (Å²) in [5.41, 5.74) is 2.12. The van der Waals surface area contributed by atoms with Gasteiger partial charge in [-0.15, -0.1) is 0 Å². The minimum absolute atomic E-state index is 0.355. The normalized spacial score (nSPS) is 10.8. The zero-order chi connectivity index (χ0) is 18.9. The van der Waals surface area contributed by atoms with Crippen molar-refractivity contribution in [2.75, 3.05) is 20.3 Å². The molecule has 0 heterocycles. The Morgan fingerprint density at radius 1 is 1.12 bits per heavy atom. The molecule has 0 fully saturated rings. The SMILES string of the molecule is COCCOc1ccc(C=CC(=O)NO)c(Oc2ccc(Cl)c(Cl)c2)c1. The molecule has 0 aliphatic rings. The number of rotatable bonds is 8. The molecular weight excluding hydrogens is 381 g/mol. The lowest BCUT2D eigenvalue weighted by Gasteiger charge is -2.12. The third kappa shape index (κ3) is 5.93. The summed E-state index contributed by atoms with van der Waals surface area (Å²) < 4.78 is 16.4. The van der Waals surface area contributed by atoms with Crippen molar-refractivity contribution >= 4 is 35.2 Å². The van der Waals surface area contributed by atoms with Gasteiger partial charge in [0.2, 0.25) is 0 Å². The smallest absolute Gasteiger partial charge is 0.267 e. The number of hydrogen-bond acceptors (Lipinski definition) is 5. The lowest BCUT2D eigenvalue weighted by atomic mass is 10.1. The van der Waals surface area contributed by atoms with Gasteiger partial charge in [-0.3, -0.25) is 10.0 Å². The maximum atomic E-state index is 11.2. The van der Waals surface area contributed by atoms with Crippen molar-refractivity contribution in [2.24, 2.45) is 0 Å². The van der Waals surface area contributed by atoms with Crippen LogP contribution in [0.4, 0.5) is 0 Å². The summed E-state index contributed by atoms with van der Waals surface area (Å²) in [6, 6.07) is 9.99. The lowest BCUT2D eigenvalue weighted by molar-refractivity contribution is -0.124. The van der Waals surface area contributed by atoms with Crippen LogP contribution in [0.3, 0.4) is 0 Å². The number of carbonyl (C=O) groups excluding carboxylic acids is 1. The molecule has 6 nitrogen and oxygen atoms in total. The molecule has 0 saturated heterocycles. The molecule has 2 rings (SSSR count). The molecule has 0 aliphatic carbocycles. The Kier molecular flexibility index (Phi) is 7.74. The number of hydroxylamine groups is 1. The van der Waals surface area contributed by atoms with Gasteiger partial charge in [-0.25, -0.2) is 5.48 Å². The zero-order valence-corrected chi connectivity index (χ0v) is 15.4. The van der Waals surface area contributed by atoms with Gasteiger partial charge < -0.3 is 14.2 Å². The van der Waals surface area contributed by atoms with E-state index in [0.29, 0.717) is 46.1 Å². The molecular formula is C18H17Cl2NO5. The van der Waals surface area contributed by atoms with E-state index >= 15 is 0 Å². The van der Waals surface area contributed by atoms with E-state index in [-0.39, 0.29) is 0 Å². The van der Waals surface area contributed by atoms with E-state index in [9.17, 15) is 4.79 Å². The number of benzene rings is 2. The van der Waals surface area contributed by atoms with Gasteiger partial charge in [-0.2, -0.15) is 0 Å². The van der Waals surface area contributed by atoms with Crippen LogP contribution in [0.5, 0.6) is 17.2 Å². The van der Waals surface area contributed by atoms with Crippen LogP contribution in [0.1, 0.15) is 5.56 Å². The van der Waals surface area contributed by atoms with Crippen LogP contribution in [-0.4, -0.2) is 31.4 Å². The van der Waals surface area contributed by atoms with Crippen LogP contribution >= 0.6 is 23.2 Å². The molecule has 8 heteroatoms.